The van der Waals surface area contributed by atoms with E-state index in [9.17, 15) is 4.79 Å². The molecule has 0 fully saturated rings. The summed E-state index contributed by atoms with van der Waals surface area (Å²) in [5, 5.41) is 3.36. The molecule has 0 atom stereocenters. The van der Waals surface area contributed by atoms with Crippen molar-refractivity contribution in [2.24, 2.45) is 0 Å². The van der Waals surface area contributed by atoms with Gasteiger partial charge in [-0.25, -0.2) is 0 Å². The third kappa shape index (κ3) is 3.63. The zero-order valence-electron chi connectivity index (χ0n) is 11.7. The van der Waals surface area contributed by atoms with Crippen LogP contribution >= 0.6 is 0 Å². The first-order valence-corrected chi connectivity index (χ1v) is 6.85. The Morgan fingerprint density at radius 2 is 2.32 bits per heavy atom. The molecular weight excluding hydrogens is 240 g/mol. The van der Waals surface area contributed by atoms with Crippen molar-refractivity contribution in [3.63, 3.8) is 0 Å². The Morgan fingerprint density at radius 3 is 3.11 bits per heavy atom. The predicted octanol–water partition coefficient (Wildman–Crippen LogP) is 2.43. The summed E-state index contributed by atoms with van der Waals surface area (Å²) < 4.78 is 4.62. The molecule has 4 heteroatoms. The minimum atomic E-state index is -0.145. The van der Waals surface area contributed by atoms with E-state index in [1.807, 2.05) is 0 Å². The fourth-order valence-corrected chi connectivity index (χ4v) is 2.46. The molecule has 0 unspecified atom stereocenters. The van der Waals surface area contributed by atoms with E-state index < -0.39 is 0 Å². The second-order valence-corrected chi connectivity index (χ2v) is 4.98. The van der Waals surface area contributed by atoms with Gasteiger partial charge in [0.25, 0.3) is 0 Å². The fourth-order valence-electron chi connectivity index (χ4n) is 2.46. The van der Waals surface area contributed by atoms with Gasteiger partial charge in [-0.3, -0.25) is 4.79 Å². The Labute approximate surface area is 114 Å². The smallest absolute Gasteiger partial charge is 0.305 e. The number of methoxy groups -OCH3 is 1. The summed E-state index contributed by atoms with van der Waals surface area (Å²) in [4.78, 5) is 13.3. The van der Waals surface area contributed by atoms with Crippen LogP contribution in [0.15, 0.2) is 18.2 Å². The number of carbonyl (C=O) groups is 1. The van der Waals surface area contributed by atoms with Crippen molar-refractivity contribution in [2.75, 3.05) is 37.5 Å². The third-order valence-corrected chi connectivity index (χ3v) is 3.54. The van der Waals surface area contributed by atoms with Gasteiger partial charge in [0.15, 0.2) is 0 Å². The number of hydrogen-bond donors (Lipinski definition) is 1. The van der Waals surface area contributed by atoms with Crippen molar-refractivity contribution in [1.29, 1.82) is 0 Å². The number of nitrogens with one attached hydrogen (secondary N) is 1. The Balaban J connectivity index is 1.86. The Bertz CT molecular complexity index is 446. The van der Waals surface area contributed by atoms with Crippen LogP contribution in [0, 0.1) is 0 Å². The SMILES string of the molecule is COC(=O)CCCNc1ccc2c(c1)CCCN2C. The van der Waals surface area contributed by atoms with E-state index in [1.54, 1.807) is 0 Å². The number of aryl methyl sites for hydroxylation is 1. The van der Waals surface area contributed by atoms with E-state index in [0.717, 1.165) is 31.6 Å². The normalized spacial score (nSPS) is 13.9. The first kappa shape index (κ1) is 13.7. The molecule has 0 aromatic heterocycles. The zero-order chi connectivity index (χ0) is 13.7. The number of anilines is 2. The summed E-state index contributed by atoms with van der Waals surface area (Å²) in [5.41, 5.74) is 3.89. The van der Waals surface area contributed by atoms with Gasteiger partial charge in [-0.2, -0.15) is 0 Å². The van der Waals surface area contributed by atoms with Crippen molar-refractivity contribution in [1.82, 2.24) is 0 Å². The van der Waals surface area contributed by atoms with Gasteiger partial charge in [-0.05, 0) is 43.0 Å². The lowest BCUT2D eigenvalue weighted by Gasteiger charge is -2.27. The number of carbonyl (C=O) groups excluding carboxylic acids is 1. The molecule has 1 aliphatic heterocycles. The number of nitrogens with zero attached hydrogens (tertiary/aromatic N) is 1. The molecule has 1 aromatic rings. The largest absolute Gasteiger partial charge is 0.469 e. The summed E-state index contributed by atoms with van der Waals surface area (Å²) in [7, 11) is 3.57. The minimum Gasteiger partial charge on any atom is -0.469 e. The van der Waals surface area contributed by atoms with Crippen molar-refractivity contribution in [3.05, 3.63) is 23.8 Å². The monoisotopic (exact) mass is 262 g/mol. The summed E-state index contributed by atoms with van der Waals surface area (Å²) >= 11 is 0. The average Bonchev–Trinajstić information content (AvgIpc) is 2.43. The molecular formula is C15H22N2O2. The van der Waals surface area contributed by atoms with Crippen LogP contribution in [-0.4, -0.2) is 33.2 Å². The molecule has 104 valence electrons. The number of fused-ring (bicyclic) bond motifs is 1. The van der Waals surface area contributed by atoms with E-state index in [-0.39, 0.29) is 5.97 Å². The van der Waals surface area contributed by atoms with Crippen molar-refractivity contribution < 1.29 is 9.53 Å². The number of hydrogen-bond acceptors (Lipinski definition) is 4. The van der Waals surface area contributed by atoms with Crippen LogP contribution in [0.3, 0.4) is 0 Å². The van der Waals surface area contributed by atoms with E-state index in [1.165, 1.54) is 24.8 Å². The number of esters is 1. The second kappa shape index (κ2) is 6.45. The first-order chi connectivity index (χ1) is 9.20. The van der Waals surface area contributed by atoms with Gasteiger partial charge in [0, 0.05) is 37.9 Å². The molecule has 4 nitrogen and oxygen atoms in total. The van der Waals surface area contributed by atoms with Crippen LogP contribution in [0.2, 0.25) is 0 Å². The quantitative estimate of drug-likeness (QED) is 0.653. The van der Waals surface area contributed by atoms with Crippen LogP contribution in [0.1, 0.15) is 24.8 Å². The van der Waals surface area contributed by atoms with E-state index in [2.05, 4.69) is 40.2 Å². The summed E-state index contributed by atoms with van der Waals surface area (Å²) in [6.07, 6.45) is 3.63. The van der Waals surface area contributed by atoms with Crippen LogP contribution in [-0.2, 0) is 16.0 Å². The first-order valence-electron chi connectivity index (χ1n) is 6.85. The molecule has 1 N–H and O–H groups in total. The predicted molar refractivity (Wildman–Crippen MR) is 77.8 cm³/mol. The number of rotatable bonds is 5. The maximum absolute atomic E-state index is 11.0. The molecule has 0 saturated heterocycles. The van der Waals surface area contributed by atoms with Crippen LogP contribution < -0.4 is 10.2 Å². The molecule has 1 aromatic carbocycles. The van der Waals surface area contributed by atoms with Crippen LogP contribution in [0.25, 0.3) is 0 Å². The third-order valence-electron chi connectivity index (χ3n) is 3.54. The minimum absolute atomic E-state index is 0.145. The van der Waals surface area contributed by atoms with E-state index in [0.29, 0.717) is 6.42 Å². The van der Waals surface area contributed by atoms with Gasteiger partial charge in [0.2, 0.25) is 0 Å². The molecule has 2 rings (SSSR count). The van der Waals surface area contributed by atoms with Gasteiger partial charge in [0.05, 0.1) is 7.11 Å². The van der Waals surface area contributed by atoms with Crippen molar-refractivity contribution in [3.8, 4) is 0 Å². The van der Waals surface area contributed by atoms with Gasteiger partial charge in [0.1, 0.15) is 0 Å². The highest BCUT2D eigenvalue weighted by Gasteiger charge is 2.13. The lowest BCUT2D eigenvalue weighted by Crippen LogP contribution is -2.24. The highest BCUT2D eigenvalue weighted by atomic mass is 16.5. The maximum atomic E-state index is 11.0. The Hall–Kier alpha value is -1.71. The molecule has 0 bridgehead atoms. The van der Waals surface area contributed by atoms with Crippen LogP contribution in [0.4, 0.5) is 11.4 Å². The number of ether oxygens (including phenoxy) is 1. The zero-order valence-corrected chi connectivity index (χ0v) is 11.7. The van der Waals surface area contributed by atoms with Gasteiger partial charge in [-0.1, -0.05) is 0 Å². The molecule has 19 heavy (non-hydrogen) atoms. The highest BCUT2D eigenvalue weighted by molar-refractivity contribution is 5.69. The Kier molecular flexibility index (Phi) is 4.66. The van der Waals surface area contributed by atoms with Crippen molar-refractivity contribution in [2.45, 2.75) is 25.7 Å². The van der Waals surface area contributed by atoms with Gasteiger partial charge >= 0.3 is 5.97 Å². The maximum Gasteiger partial charge on any atom is 0.305 e. The molecule has 0 radical (unpaired) electrons. The van der Waals surface area contributed by atoms with Crippen molar-refractivity contribution >= 4 is 17.3 Å². The Morgan fingerprint density at radius 1 is 1.47 bits per heavy atom. The standard InChI is InChI=1S/C15H22N2O2/c1-17-10-4-5-12-11-13(7-8-14(12)17)16-9-3-6-15(18)19-2/h7-8,11,16H,3-6,9-10H2,1-2H3. The van der Waals surface area contributed by atoms with Gasteiger partial charge < -0.3 is 15.0 Å². The molecule has 0 spiro atoms. The summed E-state index contributed by atoms with van der Waals surface area (Å²) in [6.45, 7) is 1.93. The topological polar surface area (TPSA) is 41.6 Å². The lowest BCUT2D eigenvalue weighted by molar-refractivity contribution is -0.140. The molecule has 0 amide bonds. The van der Waals surface area contributed by atoms with E-state index in [4.69, 9.17) is 0 Å². The lowest BCUT2D eigenvalue weighted by atomic mass is 10.0. The summed E-state index contributed by atoms with van der Waals surface area (Å²) in [5.74, 6) is -0.145. The molecule has 0 aliphatic carbocycles. The number of benzene rings is 1. The fraction of sp³-hybridized carbons (Fsp3) is 0.533. The average molecular weight is 262 g/mol. The molecule has 1 heterocycles. The summed E-state index contributed by atoms with van der Waals surface area (Å²) in [6, 6.07) is 6.51. The molecule has 1 aliphatic rings. The van der Waals surface area contributed by atoms with Gasteiger partial charge in [-0.15, -0.1) is 0 Å². The highest BCUT2D eigenvalue weighted by Crippen LogP contribution is 2.28. The molecule has 0 saturated carbocycles. The van der Waals surface area contributed by atoms with Crippen LogP contribution in [0.5, 0.6) is 0 Å². The van der Waals surface area contributed by atoms with E-state index >= 15 is 0 Å². The second-order valence-electron chi connectivity index (χ2n) is 4.98.